The molecule has 0 N–H and O–H groups in total. The van der Waals surface area contributed by atoms with E-state index in [-0.39, 0.29) is 5.88 Å². The highest BCUT2D eigenvalue weighted by molar-refractivity contribution is 6.16. The summed E-state index contributed by atoms with van der Waals surface area (Å²) in [7, 11) is 0. The van der Waals surface area contributed by atoms with Gasteiger partial charge >= 0.3 is 6.18 Å². The van der Waals surface area contributed by atoms with Crippen LogP contribution in [-0.2, 0) is 18.6 Å². The lowest BCUT2D eigenvalue weighted by Crippen LogP contribution is -2.06. The van der Waals surface area contributed by atoms with E-state index >= 15 is 0 Å². The van der Waals surface area contributed by atoms with Gasteiger partial charge in [0, 0.05) is 12.1 Å². The van der Waals surface area contributed by atoms with Crippen molar-refractivity contribution in [2.24, 2.45) is 0 Å². The van der Waals surface area contributed by atoms with Gasteiger partial charge < -0.3 is 4.57 Å². The molecular formula is C13H13ClF3N3. The third-order valence-electron chi connectivity index (χ3n) is 2.86. The van der Waals surface area contributed by atoms with E-state index in [9.17, 15) is 13.2 Å². The Hall–Kier alpha value is -1.56. The number of benzene rings is 1. The summed E-state index contributed by atoms with van der Waals surface area (Å²) < 4.78 is 39.4. The van der Waals surface area contributed by atoms with Crippen LogP contribution in [0.25, 0.3) is 11.4 Å². The maximum Gasteiger partial charge on any atom is 0.416 e. The summed E-state index contributed by atoms with van der Waals surface area (Å²) in [6.07, 6.45) is -3.48. The molecule has 0 unspecified atom stereocenters. The third kappa shape index (κ3) is 2.95. The van der Waals surface area contributed by atoms with Crippen LogP contribution in [0, 0.1) is 0 Å². The van der Waals surface area contributed by atoms with Crippen LogP contribution in [0.5, 0.6) is 0 Å². The van der Waals surface area contributed by atoms with Crippen molar-refractivity contribution >= 4 is 11.6 Å². The molecule has 0 fully saturated rings. The molecule has 0 aliphatic carbocycles. The second-order valence-corrected chi connectivity index (χ2v) is 4.57. The SMILES string of the molecule is CCCn1c(CCl)nnc1-c1ccc(C(F)(F)F)cc1. The second-order valence-electron chi connectivity index (χ2n) is 4.30. The molecule has 0 aliphatic heterocycles. The Morgan fingerprint density at radius 1 is 1.15 bits per heavy atom. The first-order valence-corrected chi connectivity index (χ1v) is 6.66. The maximum absolute atomic E-state index is 12.5. The first kappa shape index (κ1) is 14.8. The van der Waals surface area contributed by atoms with E-state index in [2.05, 4.69) is 10.2 Å². The third-order valence-corrected chi connectivity index (χ3v) is 3.10. The molecular weight excluding hydrogens is 291 g/mol. The average Bonchev–Trinajstić information content (AvgIpc) is 2.81. The molecule has 0 saturated heterocycles. The van der Waals surface area contributed by atoms with E-state index in [0.717, 1.165) is 18.6 Å². The quantitative estimate of drug-likeness (QED) is 0.796. The topological polar surface area (TPSA) is 30.7 Å². The molecule has 0 radical (unpaired) electrons. The van der Waals surface area contributed by atoms with Crippen molar-refractivity contribution in [3.05, 3.63) is 35.7 Å². The van der Waals surface area contributed by atoms with E-state index in [0.29, 0.717) is 23.8 Å². The monoisotopic (exact) mass is 303 g/mol. The van der Waals surface area contributed by atoms with Gasteiger partial charge in [-0.3, -0.25) is 0 Å². The number of hydrogen-bond donors (Lipinski definition) is 0. The normalized spacial score (nSPS) is 11.8. The molecule has 0 bridgehead atoms. The molecule has 20 heavy (non-hydrogen) atoms. The lowest BCUT2D eigenvalue weighted by Gasteiger charge is -2.09. The van der Waals surface area contributed by atoms with E-state index in [1.807, 2.05) is 11.5 Å². The van der Waals surface area contributed by atoms with Crippen molar-refractivity contribution in [1.82, 2.24) is 14.8 Å². The van der Waals surface area contributed by atoms with E-state index < -0.39 is 11.7 Å². The highest BCUT2D eigenvalue weighted by Gasteiger charge is 2.30. The molecule has 7 heteroatoms. The molecule has 108 valence electrons. The Bertz CT molecular complexity index is 576. The van der Waals surface area contributed by atoms with Crippen LogP contribution in [0.3, 0.4) is 0 Å². The average molecular weight is 304 g/mol. The largest absolute Gasteiger partial charge is 0.416 e. The summed E-state index contributed by atoms with van der Waals surface area (Å²) in [5.41, 5.74) is -0.0873. The molecule has 0 spiro atoms. The van der Waals surface area contributed by atoms with Crippen molar-refractivity contribution < 1.29 is 13.2 Å². The van der Waals surface area contributed by atoms with Crippen LogP contribution >= 0.6 is 11.6 Å². The lowest BCUT2D eigenvalue weighted by atomic mass is 10.1. The molecule has 1 heterocycles. The Morgan fingerprint density at radius 3 is 2.30 bits per heavy atom. The molecule has 1 aromatic heterocycles. The van der Waals surface area contributed by atoms with Gasteiger partial charge in [0.2, 0.25) is 0 Å². The van der Waals surface area contributed by atoms with Crippen molar-refractivity contribution in [2.45, 2.75) is 31.9 Å². The van der Waals surface area contributed by atoms with Crippen LogP contribution in [-0.4, -0.2) is 14.8 Å². The van der Waals surface area contributed by atoms with Crippen LogP contribution in [0.4, 0.5) is 13.2 Å². The summed E-state index contributed by atoms with van der Waals surface area (Å²) in [6.45, 7) is 2.67. The van der Waals surface area contributed by atoms with E-state index in [1.165, 1.54) is 12.1 Å². The lowest BCUT2D eigenvalue weighted by molar-refractivity contribution is -0.137. The van der Waals surface area contributed by atoms with Crippen LogP contribution in [0.1, 0.15) is 24.7 Å². The van der Waals surface area contributed by atoms with Gasteiger partial charge in [-0.2, -0.15) is 13.2 Å². The van der Waals surface area contributed by atoms with Crippen LogP contribution in [0.15, 0.2) is 24.3 Å². The predicted octanol–water partition coefficient (Wildman–Crippen LogP) is 4.11. The molecule has 2 rings (SSSR count). The molecule has 3 nitrogen and oxygen atoms in total. The zero-order chi connectivity index (χ0) is 14.8. The molecule has 1 aromatic carbocycles. The maximum atomic E-state index is 12.5. The molecule has 0 amide bonds. The zero-order valence-corrected chi connectivity index (χ0v) is 11.5. The van der Waals surface area contributed by atoms with Gasteiger partial charge in [0.15, 0.2) is 5.82 Å². The first-order valence-electron chi connectivity index (χ1n) is 6.13. The minimum atomic E-state index is -4.34. The number of alkyl halides is 4. The Balaban J connectivity index is 2.39. The highest BCUT2D eigenvalue weighted by Crippen LogP contribution is 2.30. The molecule has 0 saturated carbocycles. The zero-order valence-electron chi connectivity index (χ0n) is 10.8. The number of rotatable bonds is 4. The molecule has 0 aliphatic rings. The minimum absolute atomic E-state index is 0.216. The summed E-state index contributed by atoms with van der Waals surface area (Å²) in [4.78, 5) is 0. The Labute approximate surface area is 119 Å². The van der Waals surface area contributed by atoms with Crippen molar-refractivity contribution in [3.8, 4) is 11.4 Å². The van der Waals surface area contributed by atoms with Crippen molar-refractivity contribution in [3.63, 3.8) is 0 Å². The number of nitrogens with zero attached hydrogens (tertiary/aromatic N) is 3. The molecule has 0 atom stereocenters. The van der Waals surface area contributed by atoms with Crippen LogP contribution < -0.4 is 0 Å². The van der Waals surface area contributed by atoms with Gasteiger partial charge in [-0.15, -0.1) is 21.8 Å². The fourth-order valence-corrected chi connectivity index (χ4v) is 2.11. The number of hydrogen-bond acceptors (Lipinski definition) is 2. The van der Waals surface area contributed by atoms with Gasteiger partial charge in [0.25, 0.3) is 0 Å². The Morgan fingerprint density at radius 2 is 1.80 bits per heavy atom. The van der Waals surface area contributed by atoms with E-state index in [1.54, 1.807) is 0 Å². The van der Waals surface area contributed by atoms with Crippen LogP contribution in [0.2, 0.25) is 0 Å². The van der Waals surface area contributed by atoms with Gasteiger partial charge in [-0.05, 0) is 18.6 Å². The van der Waals surface area contributed by atoms with Gasteiger partial charge in [0.1, 0.15) is 5.82 Å². The first-order chi connectivity index (χ1) is 9.47. The summed E-state index contributed by atoms with van der Waals surface area (Å²) in [6, 6.07) is 4.88. The van der Waals surface area contributed by atoms with E-state index in [4.69, 9.17) is 11.6 Å². The summed E-state index contributed by atoms with van der Waals surface area (Å²) in [5, 5.41) is 7.97. The fourth-order valence-electron chi connectivity index (χ4n) is 1.91. The number of halogens is 4. The minimum Gasteiger partial charge on any atom is -0.310 e. The van der Waals surface area contributed by atoms with Gasteiger partial charge in [-0.1, -0.05) is 19.1 Å². The summed E-state index contributed by atoms with van der Waals surface area (Å²) >= 11 is 5.78. The second kappa shape index (κ2) is 5.83. The Kier molecular flexibility index (Phi) is 4.32. The highest BCUT2D eigenvalue weighted by atomic mass is 35.5. The summed E-state index contributed by atoms with van der Waals surface area (Å²) in [5.74, 6) is 1.37. The smallest absolute Gasteiger partial charge is 0.310 e. The van der Waals surface area contributed by atoms with Gasteiger partial charge in [0.05, 0.1) is 11.4 Å². The molecule has 2 aromatic rings. The van der Waals surface area contributed by atoms with Gasteiger partial charge in [-0.25, -0.2) is 0 Å². The standard InChI is InChI=1S/C13H13ClF3N3/c1-2-7-20-11(8-14)18-19-12(20)9-3-5-10(6-4-9)13(15,16)17/h3-6H,2,7-8H2,1H3. The van der Waals surface area contributed by atoms with Crippen molar-refractivity contribution in [2.75, 3.05) is 0 Å². The fraction of sp³-hybridized carbons (Fsp3) is 0.385. The number of aromatic nitrogens is 3. The predicted molar refractivity (Wildman–Crippen MR) is 70.3 cm³/mol. The van der Waals surface area contributed by atoms with Crippen molar-refractivity contribution in [1.29, 1.82) is 0 Å².